The summed E-state index contributed by atoms with van der Waals surface area (Å²) in [6.45, 7) is 2.52. The molecule has 0 aromatic heterocycles. The van der Waals surface area contributed by atoms with E-state index in [1.165, 1.54) is 26.2 Å². The summed E-state index contributed by atoms with van der Waals surface area (Å²) in [7, 11) is 5.99. The van der Waals surface area contributed by atoms with Gasteiger partial charge in [-0.25, -0.2) is 4.79 Å². The molecule has 0 radical (unpaired) electrons. The quantitative estimate of drug-likeness (QED) is 0.371. The van der Waals surface area contributed by atoms with Crippen LogP contribution in [0.4, 0.5) is 0 Å². The molecular weight excluding hydrogens is 430 g/mol. The number of ether oxygens (including phenoxy) is 5. The van der Waals surface area contributed by atoms with Crippen molar-refractivity contribution in [3.8, 4) is 0 Å². The van der Waals surface area contributed by atoms with Gasteiger partial charge in [-0.2, -0.15) is 0 Å². The smallest absolute Gasteiger partial charge is 0.337 e. The van der Waals surface area contributed by atoms with Crippen LogP contribution in [0.25, 0.3) is 0 Å². The molecule has 1 amide bonds. The van der Waals surface area contributed by atoms with E-state index in [1.807, 2.05) is 19.1 Å². The van der Waals surface area contributed by atoms with Crippen molar-refractivity contribution in [3.05, 3.63) is 47.2 Å². The van der Waals surface area contributed by atoms with E-state index >= 15 is 0 Å². The summed E-state index contributed by atoms with van der Waals surface area (Å²) in [6, 6.07) is 7.06. The van der Waals surface area contributed by atoms with Gasteiger partial charge in [-0.15, -0.1) is 0 Å². The highest BCUT2D eigenvalue weighted by molar-refractivity contribution is 5.91. The number of allylic oxidation sites excluding steroid dienone is 1. The number of nitrogens with zero attached hydrogens (tertiary/aromatic N) is 1. The molecule has 1 aromatic rings. The fourth-order valence-corrected chi connectivity index (χ4v) is 3.84. The van der Waals surface area contributed by atoms with Crippen LogP contribution in [0, 0.1) is 5.92 Å². The van der Waals surface area contributed by atoms with E-state index in [9.17, 15) is 14.7 Å². The second kappa shape index (κ2) is 13.3. The number of aliphatic hydroxyl groups is 1. The summed E-state index contributed by atoms with van der Waals surface area (Å²) < 4.78 is 27.1. The van der Waals surface area contributed by atoms with Gasteiger partial charge in [0.2, 0.25) is 6.29 Å². The largest absolute Gasteiger partial charge is 0.465 e. The Morgan fingerprint density at radius 2 is 1.82 bits per heavy atom. The van der Waals surface area contributed by atoms with Crippen molar-refractivity contribution in [1.29, 1.82) is 0 Å². The zero-order valence-corrected chi connectivity index (χ0v) is 20.0. The van der Waals surface area contributed by atoms with Crippen molar-refractivity contribution in [2.24, 2.45) is 5.92 Å². The molecule has 0 aliphatic carbocycles. The monoisotopic (exact) mass is 465 g/mol. The second-order valence-electron chi connectivity index (χ2n) is 7.73. The molecule has 0 spiro atoms. The molecule has 184 valence electrons. The molecule has 0 saturated heterocycles. The minimum Gasteiger partial charge on any atom is -0.465 e. The maximum absolute atomic E-state index is 13.2. The van der Waals surface area contributed by atoms with Gasteiger partial charge < -0.3 is 33.7 Å². The molecule has 3 atom stereocenters. The Morgan fingerprint density at radius 1 is 1.15 bits per heavy atom. The number of rotatable bonds is 12. The summed E-state index contributed by atoms with van der Waals surface area (Å²) in [5.74, 6) is -0.925. The number of hydrogen-bond donors (Lipinski definition) is 1. The summed E-state index contributed by atoms with van der Waals surface area (Å²) in [5, 5.41) is 9.41. The Balaban J connectivity index is 2.40. The van der Waals surface area contributed by atoms with Gasteiger partial charge >= 0.3 is 5.97 Å². The van der Waals surface area contributed by atoms with Crippen LogP contribution in [0.15, 0.2) is 36.1 Å². The lowest BCUT2D eigenvalue weighted by molar-refractivity contribution is -0.172. The number of methoxy groups -OCH3 is 3. The third kappa shape index (κ3) is 7.01. The topological polar surface area (TPSA) is 104 Å². The van der Waals surface area contributed by atoms with Crippen molar-refractivity contribution in [2.45, 2.75) is 38.3 Å². The van der Waals surface area contributed by atoms with Crippen molar-refractivity contribution < 1.29 is 38.4 Å². The van der Waals surface area contributed by atoms with Crippen LogP contribution in [0.1, 0.15) is 41.6 Å². The molecule has 1 aromatic carbocycles. The molecule has 0 saturated carbocycles. The number of amides is 1. The fraction of sp³-hybridized carbons (Fsp3) is 0.583. The summed E-state index contributed by atoms with van der Waals surface area (Å²) in [5.41, 5.74) is 1.34. The van der Waals surface area contributed by atoms with E-state index < -0.39 is 18.5 Å². The molecule has 0 fully saturated rings. The Morgan fingerprint density at radius 3 is 2.36 bits per heavy atom. The molecule has 33 heavy (non-hydrogen) atoms. The molecule has 9 nitrogen and oxygen atoms in total. The lowest BCUT2D eigenvalue weighted by Gasteiger charge is -2.38. The van der Waals surface area contributed by atoms with Crippen LogP contribution in [0.2, 0.25) is 0 Å². The van der Waals surface area contributed by atoms with Gasteiger partial charge in [0, 0.05) is 46.3 Å². The van der Waals surface area contributed by atoms with Gasteiger partial charge in [0.15, 0.2) is 12.0 Å². The lowest BCUT2D eigenvalue weighted by atomic mass is 9.80. The summed E-state index contributed by atoms with van der Waals surface area (Å²) in [4.78, 5) is 26.5. The highest BCUT2D eigenvalue weighted by atomic mass is 16.7. The average Bonchev–Trinajstić information content (AvgIpc) is 2.85. The van der Waals surface area contributed by atoms with E-state index in [0.717, 1.165) is 5.56 Å². The Labute approximate surface area is 195 Å². The zero-order chi connectivity index (χ0) is 24.4. The average molecular weight is 466 g/mol. The number of aliphatic hydroxyl groups excluding tert-OH is 1. The number of likely N-dealkylation sites (N-methyl/N-ethyl adjacent to an activating group) is 1. The molecular formula is C24H35NO8. The van der Waals surface area contributed by atoms with E-state index in [1.54, 1.807) is 25.3 Å². The molecule has 0 bridgehead atoms. The first-order valence-electron chi connectivity index (χ1n) is 11.0. The SMILES string of the molecule is CCO[C@H]1OC(C(=O)N(C)CC(OC)OC)=C[C@@H](c2ccc(C(=O)OC)cc2)[C@@H]1CCCO. The van der Waals surface area contributed by atoms with Crippen LogP contribution in [0.3, 0.4) is 0 Å². The molecule has 9 heteroatoms. The number of hydrogen-bond acceptors (Lipinski definition) is 8. The molecule has 2 rings (SSSR count). The summed E-state index contributed by atoms with van der Waals surface area (Å²) >= 11 is 0. The van der Waals surface area contributed by atoms with Crippen molar-refractivity contribution >= 4 is 11.9 Å². The van der Waals surface area contributed by atoms with Gasteiger partial charge in [-0.1, -0.05) is 12.1 Å². The standard InChI is InChI=1S/C24H35NO8/c1-6-32-24-18(8-7-13-26)19(16-9-11-17(12-10-16)23(28)31-5)14-20(33-24)22(27)25(2)15-21(29-3)30-4/h9-12,14,18-19,21,24,26H,6-8,13,15H2,1-5H3/t18-,19-,24-/m0/s1. The van der Waals surface area contributed by atoms with Crippen LogP contribution in [-0.2, 0) is 28.5 Å². The van der Waals surface area contributed by atoms with Crippen molar-refractivity contribution in [3.63, 3.8) is 0 Å². The van der Waals surface area contributed by atoms with Gasteiger partial charge in [-0.3, -0.25) is 4.79 Å². The number of carbonyl (C=O) groups excluding carboxylic acids is 2. The van der Waals surface area contributed by atoms with E-state index in [4.69, 9.17) is 23.7 Å². The van der Waals surface area contributed by atoms with E-state index in [0.29, 0.717) is 25.0 Å². The van der Waals surface area contributed by atoms with Gasteiger partial charge in [0.05, 0.1) is 19.2 Å². The van der Waals surface area contributed by atoms with Crippen molar-refractivity contribution in [1.82, 2.24) is 4.90 Å². The van der Waals surface area contributed by atoms with Gasteiger partial charge in [0.25, 0.3) is 5.91 Å². The normalized spacial score (nSPS) is 20.2. The maximum Gasteiger partial charge on any atom is 0.337 e. The van der Waals surface area contributed by atoms with E-state index in [2.05, 4.69) is 0 Å². The summed E-state index contributed by atoms with van der Waals surface area (Å²) in [6.07, 6.45) is 1.76. The zero-order valence-electron chi connectivity index (χ0n) is 20.0. The van der Waals surface area contributed by atoms with Crippen LogP contribution in [-0.4, -0.2) is 82.6 Å². The van der Waals surface area contributed by atoms with Crippen LogP contribution < -0.4 is 0 Å². The third-order valence-electron chi connectivity index (χ3n) is 5.63. The minimum atomic E-state index is -0.662. The van der Waals surface area contributed by atoms with Crippen LogP contribution in [0.5, 0.6) is 0 Å². The highest BCUT2D eigenvalue weighted by Gasteiger charge is 2.38. The Hall–Kier alpha value is -2.46. The first-order valence-corrected chi connectivity index (χ1v) is 11.0. The predicted molar refractivity (Wildman–Crippen MR) is 120 cm³/mol. The van der Waals surface area contributed by atoms with Crippen LogP contribution >= 0.6 is 0 Å². The molecule has 1 aliphatic rings. The Bertz CT molecular complexity index is 790. The number of esters is 1. The molecule has 1 N–H and O–H groups in total. The second-order valence-corrected chi connectivity index (χ2v) is 7.73. The first-order chi connectivity index (χ1) is 15.9. The van der Waals surface area contributed by atoms with E-state index in [-0.39, 0.29) is 36.7 Å². The number of benzene rings is 1. The Kier molecular flexibility index (Phi) is 10.8. The fourth-order valence-electron chi connectivity index (χ4n) is 3.84. The van der Waals surface area contributed by atoms with Crippen molar-refractivity contribution in [2.75, 3.05) is 48.1 Å². The maximum atomic E-state index is 13.2. The third-order valence-corrected chi connectivity index (χ3v) is 5.63. The molecule has 0 unspecified atom stereocenters. The minimum absolute atomic E-state index is 0.0387. The van der Waals surface area contributed by atoms with Gasteiger partial charge in [0.1, 0.15) is 0 Å². The lowest BCUT2D eigenvalue weighted by Crippen LogP contribution is -2.42. The molecule has 1 aliphatic heterocycles. The van der Waals surface area contributed by atoms with Gasteiger partial charge in [-0.05, 0) is 43.5 Å². The highest BCUT2D eigenvalue weighted by Crippen LogP contribution is 2.39. The number of carbonyl (C=O) groups is 2. The first kappa shape index (κ1) is 26.8. The molecule has 1 heterocycles. The predicted octanol–water partition coefficient (Wildman–Crippen LogP) is 2.30.